The Bertz CT molecular complexity index is 1230. The molecular weight excluding hydrogens is 424 g/mol. The molecule has 0 spiro atoms. The largest absolute Gasteiger partial charge is 0.496 e. The van der Waals surface area contributed by atoms with Gasteiger partial charge in [0.15, 0.2) is 0 Å². The molecule has 4 aromatic rings. The van der Waals surface area contributed by atoms with Crippen molar-refractivity contribution in [1.29, 1.82) is 0 Å². The molecule has 0 saturated heterocycles. The van der Waals surface area contributed by atoms with Crippen LogP contribution in [0.5, 0.6) is 5.75 Å². The third-order valence-corrected chi connectivity index (χ3v) is 6.09. The number of fused-ring (bicyclic) bond motifs is 1. The number of nitrogens with zero attached hydrogens (tertiary/aromatic N) is 4. The van der Waals surface area contributed by atoms with Crippen molar-refractivity contribution in [2.45, 2.75) is 20.0 Å². The quantitative estimate of drug-likeness (QED) is 0.413. The lowest BCUT2D eigenvalue weighted by Gasteiger charge is -2.06. The van der Waals surface area contributed by atoms with E-state index >= 15 is 0 Å². The highest BCUT2D eigenvalue weighted by Gasteiger charge is 2.17. The van der Waals surface area contributed by atoms with Gasteiger partial charge in [-0.25, -0.2) is 9.67 Å². The molecule has 0 radical (unpaired) electrons. The molecule has 7 nitrogen and oxygen atoms in total. The molecule has 0 fully saturated rings. The zero-order chi connectivity index (χ0) is 21.3. The van der Waals surface area contributed by atoms with Crippen LogP contribution in [0.25, 0.3) is 21.6 Å². The predicted octanol–water partition coefficient (Wildman–Crippen LogP) is 4.35. The molecule has 0 N–H and O–H groups in total. The van der Waals surface area contributed by atoms with E-state index in [1.807, 2.05) is 38.2 Å². The molecule has 9 heteroatoms. The van der Waals surface area contributed by atoms with Gasteiger partial charge in [0.05, 0.1) is 30.3 Å². The molecule has 154 valence electrons. The minimum atomic E-state index is -0.310. The number of aromatic nitrogens is 4. The van der Waals surface area contributed by atoms with Crippen LogP contribution in [0.2, 0.25) is 5.02 Å². The average molecular weight is 443 g/mol. The number of carbonyl (C=O) groups is 1. The van der Waals surface area contributed by atoms with Gasteiger partial charge in [-0.05, 0) is 42.8 Å². The van der Waals surface area contributed by atoms with Crippen LogP contribution in [0.4, 0.5) is 0 Å². The highest BCUT2D eigenvalue weighted by atomic mass is 35.5. The van der Waals surface area contributed by atoms with Crippen LogP contribution in [0, 0.1) is 6.92 Å². The van der Waals surface area contributed by atoms with E-state index in [2.05, 4.69) is 15.3 Å². The van der Waals surface area contributed by atoms with Crippen molar-refractivity contribution in [1.82, 2.24) is 20.0 Å². The van der Waals surface area contributed by atoms with Crippen LogP contribution in [0.15, 0.2) is 36.4 Å². The summed E-state index contributed by atoms with van der Waals surface area (Å²) in [6, 6.07) is 11.1. The van der Waals surface area contributed by atoms with Crippen molar-refractivity contribution in [2.24, 2.45) is 7.05 Å². The zero-order valence-electron chi connectivity index (χ0n) is 16.7. The van der Waals surface area contributed by atoms with Crippen LogP contribution in [-0.4, -0.2) is 33.1 Å². The van der Waals surface area contributed by atoms with Gasteiger partial charge in [0.1, 0.15) is 22.9 Å². The molecule has 0 unspecified atom stereocenters. The Labute approximate surface area is 182 Å². The molecule has 2 aromatic heterocycles. The number of halogens is 1. The fourth-order valence-corrected chi connectivity index (χ4v) is 4.31. The Morgan fingerprint density at radius 2 is 2.07 bits per heavy atom. The Kier molecular flexibility index (Phi) is 5.69. The maximum Gasteiger partial charge on any atom is 0.311 e. The summed E-state index contributed by atoms with van der Waals surface area (Å²) in [6.07, 6.45) is 0.160. The summed E-state index contributed by atoms with van der Waals surface area (Å²) in [6.45, 7) is 2.06. The van der Waals surface area contributed by atoms with Crippen LogP contribution >= 0.6 is 22.9 Å². The third kappa shape index (κ3) is 4.15. The molecule has 0 amide bonds. The van der Waals surface area contributed by atoms with Crippen molar-refractivity contribution in [2.75, 3.05) is 7.11 Å². The monoisotopic (exact) mass is 442 g/mol. The molecule has 2 aromatic carbocycles. The standard InChI is InChI=1S/C21H19ClN4O3S/c1-12-19(30-21(23-12)15-6-5-14(22)9-18(15)28-3)10-20(27)29-11-13-4-7-17-16(8-13)24-25-26(17)2/h4-9H,10-11H2,1-3H3. The SMILES string of the molecule is COc1cc(Cl)ccc1-c1nc(C)c(CC(=O)OCc2ccc3c(c2)nnn3C)s1. The van der Waals surface area contributed by atoms with E-state index in [9.17, 15) is 4.79 Å². The maximum absolute atomic E-state index is 12.4. The first-order chi connectivity index (χ1) is 14.4. The molecule has 0 aliphatic heterocycles. The lowest BCUT2D eigenvalue weighted by atomic mass is 10.2. The Morgan fingerprint density at radius 1 is 1.23 bits per heavy atom. The number of hydrogen-bond donors (Lipinski definition) is 0. The predicted molar refractivity (Wildman–Crippen MR) is 116 cm³/mol. The van der Waals surface area contributed by atoms with E-state index in [1.165, 1.54) is 11.3 Å². The van der Waals surface area contributed by atoms with Crippen LogP contribution < -0.4 is 4.74 Å². The summed E-state index contributed by atoms with van der Waals surface area (Å²) in [5, 5.41) is 9.43. The van der Waals surface area contributed by atoms with Gasteiger partial charge in [-0.2, -0.15) is 0 Å². The number of esters is 1. The Morgan fingerprint density at radius 3 is 2.87 bits per heavy atom. The minimum Gasteiger partial charge on any atom is -0.496 e. The van der Waals surface area contributed by atoms with Gasteiger partial charge in [-0.3, -0.25) is 4.79 Å². The number of rotatable bonds is 6. The van der Waals surface area contributed by atoms with E-state index in [-0.39, 0.29) is 19.0 Å². The summed E-state index contributed by atoms with van der Waals surface area (Å²) in [7, 11) is 3.42. The van der Waals surface area contributed by atoms with Crippen LogP contribution in [0.1, 0.15) is 16.1 Å². The molecule has 0 aliphatic rings. The number of thiazole rings is 1. The summed E-state index contributed by atoms with van der Waals surface area (Å²) in [4.78, 5) is 17.9. The fourth-order valence-electron chi connectivity index (χ4n) is 3.07. The number of carbonyl (C=O) groups excluding carboxylic acids is 1. The van der Waals surface area contributed by atoms with Gasteiger partial charge in [-0.15, -0.1) is 16.4 Å². The van der Waals surface area contributed by atoms with Gasteiger partial charge in [0.25, 0.3) is 0 Å². The van der Waals surface area contributed by atoms with Gasteiger partial charge >= 0.3 is 5.97 Å². The van der Waals surface area contributed by atoms with Crippen LogP contribution in [0.3, 0.4) is 0 Å². The molecule has 2 heterocycles. The molecule has 0 atom stereocenters. The normalized spacial score (nSPS) is 11.1. The molecule has 0 saturated carbocycles. The topological polar surface area (TPSA) is 79.1 Å². The van der Waals surface area contributed by atoms with Gasteiger partial charge in [-0.1, -0.05) is 22.9 Å². The lowest BCUT2D eigenvalue weighted by Crippen LogP contribution is -2.07. The van der Waals surface area contributed by atoms with E-state index in [0.29, 0.717) is 10.8 Å². The maximum atomic E-state index is 12.4. The van der Waals surface area contributed by atoms with E-state index in [4.69, 9.17) is 21.1 Å². The van der Waals surface area contributed by atoms with Gasteiger partial charge in [0.2, 0.25) is 0 Å². The van der Waals surface area contributed by atoms with E-state index < -0.39 is 0 Å². The summed E-state index contributed by atoms with van der Waals surface area (Å²) in [5.41, 5.74) is 4.20. The molecule has 4 rings (SSSR count). The highest BCUT2D eigenvalue weighted by Crippen LogP contribution is 2.36. The molecule has 0 aliphatic carbocycles. The third-order valence-electron chi connectivity index (χ3n) is 4.67. The Balaban J connectivity index is 1.44. The fraction of sp³-hybridized carbons (Fsp3) is 0.238. The second kappa shape index (κ2) is 8.41. The lowest BCUT2D eigenvalue weighted by molar-refractivity contribution is -0.144. The van der Waals surface area contributed by atoms with Crippen molar-refractivity contribution in [3.8, 4) is 16.3 Å². The van der Waals surface area contributed by atoms with Crippen molar-refractivity contribution >= 4 is 39.9 Å². The van der Waals surface area contributed by atoms with E-state index in [1.54, 1.807) is 23.9 Å². The first-order valence-electron chi connectivity index (χ1n) is 9.18. The van der Waals surface area contributed by atoms with Gasteiger partial charge < -0.3 is 9.47 Å². The first-order valence-corrected chi connectivity index (χ1v) is 10.4. The summed E-state index contributed by atoms with van der Waals surface area (Å²) >= 11 is 7.49. The second-order valence-electron chi connectivity index (χ2n) is 6.75. The zero-order valence-corrected chi connectivity index (χ0v) is 18.3. The smallest absolute Gasteiger partial charge is 0.311 e. The van der Waals surface area contributed by atoms with Crippen molar-refractivity contribution in [3.63, 3.8) is 0 Å². The van der Waals surface area contributed by atoms with Gasteiger partial charge in [0, 0.05) is 16.9 Å². The molecular formula is C21H19ClN4O3S. The molecule has 0 bridgehead atoms. The van der Waals surface area contributed by atoms with Crippen molar-refractivity contribution in [3.05, 3.63) is 57.6 Å². The number of hydrogen-bond acceptors (Lipinski definition) is 7. The number of aryl methyl sites for hydroxylation is 2. The minimum absolute atomic E-state index is 0.160. The summed E-state index contributed by atoms with van der Waals surface area (Å²) in [5.74, 6) is 0.334. The number of ether oxygens (including phenoxy) is 2. The highest BCUT2D eigenvalue weighted by molar-refractivity contribution is 7.15. The van der Waals surface area contributed by atoms with Crippen molar-refractivity contribution < 1.29 is 14.3 Å². The second-order valence-corrected chi connectivity index (χ2v) is 8.27. The van der Waals surface area contributed by atoms with E-state index in [0.717, 1.165) is 37.7 Å². The number of benzene rings is 2. The van der Waals surface area contributed by atoms with Crippen LogP contribution in [-0.2, 0) is 29.6 Å². The molecule has 30 heavy (non-hydrogen) atoms. The number of methoxy groups -OCH3 is 1. The Hall–Kier alpha value is -2.97. The summed E-state index contributed by atoms with van der Waals surface area (Å²) < 4.78 is 12.6. The average Bonchev–Trinajstić information content (AvgIpc) is 3.28. The first kappa shape index (κ1) is 20.3.